The second kappa shape index (κ2) is 3.52. The van der Waals surface area contributed by atoms with Crippen molar-refractivity contribution in [2.45, 2.75) is 46.5 Å². The maximum absolute atomic E-state index is 9.04. The highest BCUT2D eigenvalue weighted by molar-refractivity contribution is 5.08. The fourth-order valence-corrected chi connectivity index (χ4v) is 4.03. The van der Waals surface area contributed by atoms with Gasteiger partial charge in [0.1, 0.15) is 0 Å². The molecule has 2 aliphatic rings. The topological polar surface area (TPSA) is 20.2 Å². The summed E-state index contributed by atoms with van der Waals surface area (Å²) in [6, 6.07) is 0. The van der Waals surface area contributed by atoms with E-state index >= 15 is 0 Å². The molecule has 4 atom stereocenters. The maximum atomic E-state index is 9.04. The Morgan fingerprint density at radius 3 is 2.50 bits per heavy atom. The smallest absolute Gasteiger partial charge is 0.0433 e. The molecule has 14 heavy (non-hydrogen) atoms. The molecule has 1 nitrogen and oxygen atoms in total. The Balaban J connectivity index is 1.99. The Bertz CT molecular complexity index is 209. The van der Waals surface area contributed by atoms with Crippen molar-refractivity contribution in [2.75, 3.05) is 6.61 Å². The van der Waals surface area contributed by atoms with Gasteiger partial charge in [0.2, 0.25) is 0 Å². The van der Waals surface area contributed by atoms with Gasteiger partial charge in [-0.1, -0.05) is 33.6 Å². The van der Waals surface area contributed by atoms with Crippen LogP contribution in [0.5, 0.6) is 0 Å². The molecule has 0 aromatic carbocycles. The van der Waals surface area contributed by atoms with E-state index in [-0.39, 0.29) is 0 Å². The second-order valence-electron chi connectivity index (χ2n) is 6.04. The lowest BCUT2D eigenvalue weighted by Crippen LogP contribution is -2.10. The number of hydrogen-bond donors (Lipinski definition) is 1. The van der Waals surface area contributed by atoms with E-state index < -0.39 is 0 Å². The van der Waals surface area contributed by atoms with Gasteiger partial charge < -0.3 is 5.11 Å². The van der Waals surface area contributed by atoms with E-state index in [4.69, 9.17) is 5.11 Å². The summed E-state index contributed by atoms with van der Waals surface area (Å²) < 4.78 is 0. The summed E-state index contributed by atoms with van der Waals surface area (Å²) in [6.07, 6.45) is 5.34. The highest BCUT2D eigenvalue weighted by Crippen LogP contribution is 2.66. The van der Waals surface area contributed by atoms with Gasteiger partial charge in [-0.3, -0.25) is 0 Å². The lowest BCUT2D eigenvalue weighted by Gasteiger charge is -2.16. The highest BCUT2D eigenvalue weighted by Gasteiger charge is 2.60. The molecular weight excluding hydrogens is 172 g/mol. The summed E-state index contributed by atoms with van der Waals surface area (Å²) in [6.45, 7) is 7.58. The average Bonchev–Trinajstić information content (AvgIpc) is 2.46. The number of rotatable bonds is 3. The van der Waals surface area contributed by atoms with Gasteiger partial charge in [-0.2, -0.15) is 0 Å². The van der Waals surface area contributed by atoms with Crippen molar-refractivity contribution in [1.29, 1.82) is 0 Å². The van der Waals surface area contributed by atoms with Crippen LogP contribution in [0.15, 0.2) is 0 Å². The van der Waals surface area contributed by atoms with Crippen molar-refractivity contribution in [3.63, 3.8) is 0 Å². The fraction of sp³-hybridized carbons (Fsp3) is 1.00. The first kappa shape index (κ1) is 10.5. The average molecular weight is 196 g/mol. The zero-order valence-corrected chi connectivity index (χ0v) is 9.79. The minimum atomic E-state index is 0.381. The first-order chi connectivity index (χ1) is 6.59. The zero-order chi connectivity index (χ0) is 10.3. The largest absolute Gasteiger partial charge is 0.396 e. The van der Waals surface area contributed by atoms with Gasteiger partial charge in [0.15, 0.2) is 0 Å². The first-order valence-electron chi connectivity index (χ1n) is 6.20. The minimum Gasteiger partial charge on any atom is -0.396 e. The van der Waals surface area contributed by atoms with Crippen LogP contribution in [0.4, 0.5) is 0 Å². The van der Waals surface area contributed by atoms with Crippen molar-refractivity contribution in [2.24, 2.45) is 29.1 Å². The van der Waals surface area contributed by atoms with Crippen LogP contribution in [0.25, 0.3) is 0 Å². The Hall–Kier alpha value is -0.0400. The van der Waals surface area contributed by atoms with Crippen LogP contribution in [-0.4, -0.2) is 11.7 Å². The molecule has 0 aromatic heterocycles. The molecular formula is C13H24O. The highest BCUT2D eigenvalue weighted by atomic mass is 16.3. The van der Waals surface area contributed by atoms with Crippen LogP contribution in [0.3, 0.4) is 0 Å². The van der Waals surface area contributed by atoms with Crippen molar-refractivity contribution in [1.82, 2.24) is 0 Å². The molecule has 0 spiro atoms. The number of aliphatic hydroxyl groups is 1. The van der Waals surface area contributed by atoms with Crippen LogP contribution < -0.4 is 0 Å². The van der Waals surface area contributed by atoms with Gasteiger partial charge in [0, 0.05) is 6.61 Å². The van der Waals surface area contributed by atoms with Gasteiger partial charge >= 0.3 is 0 Å². The van der Waals surface area contributed by atoms with E-state index in [1.807, 2.05) is 0 Å². The molecule has 1 N–H and O–H groups in total. The van der Waals surface area contributed by atoms with E-state index in [2.05, 4.69) is 20.8 Å². The third-order valence-electron chi connectivity index (χ3n) is 4.97. The van der Waals surface area contributed by atoms with E-state index in [1.165, 1.54) is 19.3 Å². The van der Waals surface area contributed by atoms with E-state index in [1.54, 1.807) is 0 Å². The van der Waals surface area contributed by atoms with Crippen LogP contribution >= 0.6 is 0 Å². The number of aliphatic hydroxyl groups excluding tert-OH is 1. The van der Waals surface area contributed by atoms with Gasteiger partial charge in [0.05, 0.1) is 0 Å². The van der Waals surface area contributed by atoms with Crippen molar-refractivity contribution in [3.05, 3.63) is 0 Å². The summed E-state index contributed by atoms with van der Waals surface area (Å²) in [7, 11) is 0. The molecule has 2 rings (SSSR count). The number of hydrogen-bond acceptors (Lipinski definition) is 1. The normalized spacial score (nSPS) is 45.4. The van der Waals surface area contributed by atoms with Crippen LogP contribution in [0.2, 0.25) is 0 Å². The van der Waals surface area contributed by atoms with E-state index in [9.17, 15) is 0 Å². The molecule has 2 saturated carbocycles. The third kappa shape index (κ3) is 1.50. The Kier molecular flexibility index (Phi) is 2.63. The molecule has 0 aromatic rings. The summed E-state index contributed by atoms with van der Waals surface area (Å²) >= 11 is 0. The third-order valence-corrected chi connectivity index (χ3v) is 4.97. The SMILES string of the molecule is CC1CCCC1C1C(CCO)C1(C)C. The predicted octanol–water partition coefficient (Wildman–Crippen LogP) is 3.08. The Morgan fingerprint density at radius 2 is 2.00 bits per heavy atom. The monoisotopic (exact) mass is 196 g/mol. The van der Waals surface area contributed by atoms with E-state index in [0.29, 0.717) is 12.0 Å². The molecule has 0 heterocycles. The molecule has 0 bridgehead atoms. The summed E-state index contributed by atoms with van der Waals surface area (Å²) in [5, 5.41) is 9.04. The fourth-order valence-electron chi connectivity index (χ4n) is 4.03. The Labute approximate surface area is 87.9 Å². The lowest BCUT2D eigenvalue weighted by atomic mass is 9.89. The molecule has 1 heteroatoms. The van der Waals surface area contributed by atoms with Crippen molar-refractivity contribution < 1.29 is 5.11 Å². The molecule has 2 fully saturated rings. The first-order valence-corrected chi connectivity index (χ1v) is 6.20. The van der Waals surface area contributed by atoms with Gasteiger partial charge in [-0.05, 0) is 41.9 Å². The van der Waals surface area contributed by atoms with Crippen LogP contribution in [-0.2, 0) is 0 Å². The predicted molar refractivity (Wildman–Crippen MR) is 59.0 cm³/mol. The van der Waals surface area contributed by atoms with E-state index in [0.717, 1.165) is 30.1 Å². The maximum Gasteiger partial charge on any atom is 0.0433 e. The molecule has 0 aliphatic heterocycles. The van der Waals surface area contributed by atoms with Gasteiger partial charge in [0.25, 0.3) is 0 Å². The summed E-state index contributed by atoms with van der Waals surface area (Å²) in [4.78, 5) is 0. The summed E-state index contributed by atoms with van der Waals surface area (Å²) in [5.41, 5.74) is 0.520. The second-order valence-corrected chi connectivity index (χ2v) is 6.04. The molecule has 2 aliphatic carbocycles. The van der Waals surface area contributed by atoms with Crippen LogP contribution in [0, 0.1) is 29.1 Å². The standard InChI is InChI=1S/C13H24O/c1-9-5-4-6-10(9)12-11(7-8-14)13(12,2)3/h9-12,14H,4-8H2,1-3H3. The molecule has 0 saturated heterocycles. The lowest BCUT2D eigenvalue weighted by molar-refractivity contribution is 0.265. The Morgan fingerprint density at radius 1 is 1.29 bits per heavy atom. The summed E-state index contributed by atoms with van der Waals surface area (Å²) in [5.74, 6) is 3.61. The minimum absolute atomic E-state index is 0.381. The van der Waals surface area contributed by atoms with Gasteiger partial charge in [-0.15, -0.1) is 0 Å². The van der Waals surface area contributed by atoms with Crippen molar-refractivity contribution >= 4 is 0 Å². The quantitative estimate of drug-likeness (QED) is 0.735. The zero-order valence-electron chi connectivity index (χ0n) is 9.79. The van der Waals surface area contributed by atoms with Crippen molar-refractivity contribution in [3.8, 4) is 0 Å². The molecule has 0 radical (unpaired) electrons. The van der Waals surface area contributed by atoms with Gasteiger partial charge in [-0.25, -0.2) is 0 Å². The molecule has 4 unspecified atom stereocenters. The molecule has 0 amide bonds. The van der Waals surface area contributed by atoms with Crippen LogP contribution in [0.1, 0.15) is 46.5 Å². The molecule has 82 valence electrons.